The zero-order chi connectivity index (χ0) is 15.4. The minimum Gasteiger partial charge on any atom is -0.444 e. The number of hydrogen-bond donors (Lipinski definition) is 1. The number of hydrogen-bond acceptors (Lipinski definition) is 4. The Hall–Kier alpha value is -1.82. The molecule has 0 aliphatic carbocycles. The van der Waals surface area contributed by atoms with Gasteiger partial charge in [0.05, 0.1) is 11.9 Å². The minimum atomic E-state index is -0.282. The number of nitrogens with one attached hydrogen (secondary N) is 1. The van der Waals surface area contributed by atoms with Gasteiger partial charge in [0, 0.05) is 13.1 Å². The van der Waals surface area contributed by atoms with E-state index in [4.69, 9.17) is 4.42 Å². The van der Waals surface area contributed by atoms with Gasteiger partial charge in [-0.25, -0.2) is 4.98 Å². The van der Waals surface area contributed by atoms with Crippen LogP contribution in [-0.2, 0) is 0 Å². The van der Waals surface area contributed by atoms with Crippen LogP contribution < -0.4 is 10.2 Å². The largest absolute Gasteiger partial charge is 0.444 e. The molecule has 0 radical (unpaired) electrons. The van der Waals surface area contributed by atoms with Crippen molar-refractivity contribution in [2.24, 2.45) is 0 Å². The van der Waals surface area contributed by atoms with Gasteiger partial charge in [-0.2, -0.15) is 0 Å². The number of halogens is 1. The molecule has 2 aromatic rings. The van der Waals surface area contributed by atoms with Crippen LogP contribution in [0.1, 0.15) is 36.2 Å². The number of amides is 1. The van der Waals surface area contributed by atoms with Gasteiger partial charge in [0.25, 0.3) is 5.91 Å². The molecule has 116 valence electrons. The lowest BCUT2D eigenvalue weighted by Gasteiger charge is -2.21. The number of aromatic nitrogens is 1. The molecular weight excluding hydrogens is 346 g/mol. The summed E-state index contributed by atoms with van der Waals surface area (Å²) in [5.74, 6) is 0.958. The van der Waals surface area contributed by atoms with Crippen LogP contribution >= 0.6 is 15.9 Å². The molecule has 2 aromatic heterocycles. The quantitative estimate of drug-likeness (QED) is 0.892. The number of rotatable bonds is 3. The molecule has 0 aromatic carbocycles. The summed E-state index contributed by atoms with van der Waals surface area (Å²) in [6.45, 7) is 2.11. The third kappa shape index (κ3) is 3.68. The number of pyridine rings is 1. The van der Waals surface area contributed by atoms with E-state index >= 15 is 0 Å². The Labute approximate surface area is 137 Å². The van der Waals surface area contributed by atoms with Crippen LogP contribution in [0.3, 0.4) is 0 Å². The first-order chi connectivity index (χ1) is 10.7. The molecule has 1 amide bonds. The van der Waals surface area contributed by atoms with Crippen molar-refractivity contribution in [2.45, 2.75) is 25.7 Å². The molecule has 1 saturated heterocycles. The lowest BCUT2D eigenvalue weighted by Crippen LogP contribution is -2.24. The molecule has 1 aliphatic rings. The molecule has 1 fully saturated rings. The van der Waals surface area contributed by atoms with Crippen LogP contribution in [-0.4, -0.2) is 24.0 Å². The van der Waals surface area contributed by atoms with Crippen molar-refractivity contribution < 1.29 is 9.21 Å². The fourth-order valence-electron chi connectivity index (χ4n) is 2.58. The van der Waals surface area contributed by atoms with E-state index in [1.165, 1.54) is 25.7 Å². The van der Waals surface area contributed by atoms with E-state index in [2.05, 4.69) is 31.1 Å². The van der Waals surface area contributed by atoms with Gasteiger partial charge < -0.3 is 14.6 Å². The second-order valence-electron chi connectivity index (χ2n) is 5.36. The number of carbonyl (C=O) groups excluding carboxylic acids is 1. The smallest absolute Gasteiger partial charge is 0.291 e. The normalized spacial score (nSPS) is 15.4. The molecule has 0 unspecified atom stereocenters. The molecule has 22 heavy (non-hydrogen) atoms. The lowest BCUT2D eigenvalue weighted by atomic mass is 10.2. The average molecular weight is 364 g/mol. The fraction of sp³-hybridized carbons (Fsp3) is 0.375. The summed E-state index contributed by atoms with van der Waals surface area (Å²) < 4.78 is 5.76. The molecule has 3 rings (SSSR count). The monoisotopic (exact) mass is 363 g/mol. The Balaban J connectivity index is 1.64. The summed E-state index contributed by atoms with van der Waals surface area (Å²) in [6, 6.07) is 7.15. The number of anilines is 2. The maximum atomic E-state index is 12.0. The molecule has 0 saturated carbocycles. The molecular formula is C16H18BrN3O2. The van der Waals surface area contributed by atoms with E-state index < -0.39 is 0 Å². The van der Waals surface area contributed by atoms with Crippen LogP contribution in [0.2, 0.25) is 0 Å². The fourth-order valence-corrected chi connectivity index (χ4v) is 2.88. The van der Waals surface area contributed by atoms with E-state index in [0.29, 0.717) is 10.4 Å². The highest BCUT2D eigenvalue weighted by Gasteiger charge is 2.13. The van der Waals surface area contributed by atoms with Gasteiger partial charge in [0.2, 0.25) is 0 Å². The standard InChI is InChI=1S/C16H18BrN3O2/c17-14-7-6-13(22-14)16(21)19-12-5-8-15(18-11-12)20-9-3-1-2-4-10-20/h5-8,11H,1-4,9-10H2,(H,19,21). The molecule has 1 aliphatic heterocycles. The molecule has 5 nitrogen and oxygen atoms in total. The average Bonchev–Trinajstić information content (AvgIpc) is 2.80. The van der Waals surface area contributed by atoms with E-state index in [1.54, 1.807) is 18.3 Å². The van der Waals surface area contributed by atoms with Gasteiger partial charge in [-0.1, -0.05) is 12.8 Å². The van der Waals surface area contributed by atoms with Gasteiger partial charge in [-0.15, -0.1) is 0 Å². The second-order valence-corrected chi connectivity index (χ2v) is 6.15. The van der Waals surface area contributed by atoms with E-state index in [0.717, 1.165) is 18.9 Å². The number of nitrogens with zero attached hydrogens (tertiary/aromatic N) is 2. The maximum absolute atomic E-state index is 12.0. The molecule has 6 heteroatoms. The summed E-state index contributed by atoms with van der Waals surface area (Å²) in [5.41, 5.74) is 0.663. The third-order valence-corrected chi connectivity index (χ3v) is 4.16. The van der Waals surface area contributed by atoms with E-state index in [9.17, 15) is 4.79 Å². The van der Waals surface area contributed by atoms with Gasteiger partial charge in [0.1, 0.15) is 5.82 Å². The van der Waals surface area contributed by atoms with Crippen LogP contribution in [0.25, 0.3) is 0 Å². The first kappa shape index (κ1) is 15.1. The number of furan rings is 1. The summed E-state index contributed by atoms with van der Waals surface area (Å²) in [5, 5.41) is 2.78. The van der Waals surface area contributed by atoms with Crippen molar-refractivity contribution in [1.82, 2.24) is 4.98 Å². The Morgan fingerprint density at radius 3 is 2.50 bits per heavy atom. The predicted octanol–water partition coefficient (Wildman–Crippen LogP) is 4.07. The Morgan fingerprint density at radius 1 is 1.14 bits per heavy atom. The molecule has 0 bridgehead atoms. The first-order valence-corrected chi connectivity index (χ1v) is 8.29. The summed E-state index contributed by atoms with van der Waals surface area (Å²) in [4.78, 5) is 18.8. The van der Waals surface area contributed by atoms with Crippen molar-refractivity contribution in [3.05, 3.63) is 40.9 Å². The van der Waals surface area contributed by atoms with Crippen LogP contribution in [0.4, 0.5) is 11.5 Å². The van der Waals surface area contributed by atoms with Crippen LogP contribution in [0, 0.1) is 0 Å². The Morgan fingerprint density at radius 2 is 1.91 bits per heavy atom. The van der Waals surface area contributed by atoms with Crippen molar-refractivity contribution >= 4 is 33.3 Å². The zero-order valence-electron chi connectivity index (χ0n) is 12.2. The molecule has 0 atom stereocenters. The van der Waals surface area contributed by atoms with Crippen molar-refractivity contribution in [3.63, 3.8) is 0 Å². The third-order valence-electron chi connectivity index (χ3n) is 3.73. The SMILES string of the molecule is O=C(Nc1ccc(N2CCCCCC2)nc1)c1ccc(Br)o1. The summed E-state index contributed by atoms with van der Waals surface area (Å²) >= 11 is 3.18. The lowest BCUT2D eigenvalue weighted by molar-refractivity contribution is 0.0995. The van der Waals surface area contributed by atoms with Gasteiger partial charge in [-0.3, -0.25) is 4.79 Å². The van der Waals surface area contributed by atoms with Crippen molar-refractivity contribution in [1.29, 1.82) is 0 Å². The van der Waals surface area contributed by atoms with Gasteiger partial charge in [0.15, 0.2) is 10.4 Å². The van der Waals surface area contributed by atoms with Crippen LogP contribution in [0.5, 0.6) is 0 Å². The van der Waals surface area contributed by atoms with Crippen LogP contribution in [0.15, 0.2) is 39.5 Å². The summed E-state index contributed by atoms with van der Waals surface area (Å²) in [6.07, 6.45) is 6.71. The Kier molecular flexibility index (Phi) is 4.77. The second kappa shape index (κ2) is 6.96. The maximum Gasteiger partial charge on any atom is 0.291 e. The highest BCUT2D eigenvalue weighted by atomic mass is 79.9. The molecule has 3 heterocycles. The highest BCUT2D eigenvalue weighted by Crippen LogP contribution is 2.20. The molecule has 1 N–H and O–H groups in total. The summed E-state index contributed by atoms with van der Waals surface area (Å²) in [7, 11) is 0. The van der Waals surface area contributed by atoms with Gasteiger partial charge in [-0.05, 0) is 53.0 Å². The first-order valence-electron chi connectivity index (χ1n) is 7.50. The minimum absolute atomic E-state index is 0.267. The zero-order valence-corrected chi connectivity index (χ0v) is 13.8. The van der Waals surface area contributed by atoms with Gasteiger partial charge >= 0.3 is 0 Å². The Bertz CT molecular complexity index is 631. The van der Waals surface area contributed by atoms with E-state index in [-0.39, 0.29) is 11.7 Å². The highest BCUT2D eigenvalue weighted by molar-refractivity contribution is 9.10. The van der Waals surface area contributed by atoms with Crippen molar-refractivity contribution in [2.75, 3.05) is 23.3 Å². The van der Waals surface area contributed by atoms with Crippen molar-refractivity contribution in [3.8, 4) is 0 Å². The predicted molar refractivity (Wildman–Crippen MR) is 89.3 cm³/mol. The van der Waals surface area contributed by atoms with E-state index in [1.807, 2.05) is 12.1 Å². The number of carbonyl (C=O) groups is 1. The molecule has 0 spiro atoms. The topological polar surface area (TPSA) is 58.4 Å².